The minimum atomic E-state index is -3.60. The van der Waals surface area contributed by atoms with E-state index in [1.165, 1.54) is 7.05 Å². The first kappa shape index (κ1) is 12.0. The summed E-state index contributed by atoms with van der Waals surface area (Å²) in [4.78, 5) is 19.6. The van der Waals surface area contributed by atoms with E-state index >= 15 is 0 Å². The second-order valence-electron chi connectivity index (χ2n) is 1.83. The summed E-state index contributed by atoms with van der Waals surface area (Å²) < 4.78 is 15.5. The summed E-state index contributed by atoms with van der Waals surface area (Å²) in [6, 6.07) is 0. The van der Waals surface area contributed by atoms with Crippen LogP contribution < -0.4 is 5.32 Å². The lowest BCUT2D eigenvalue weighted by Gasteiger charge is -2.08. The largest absolute Gasteiger partial charge is 0.387 e. The van der Waals surface area contributed by atoms with Crippen LogP contribution >= 0.6 is 18.2 Å². The Morgan fingerprint density at radius 1 is 1.75 bits per heavy atom. The van der Waals surface area contributed by atoms with Gasteiger partial charge in [-0.05, 0) is 18.3 Å². The van der Waals surface area contributed by atoms with E-state index in [-0.39, 0.29) is 18.3 Å². The minimum Gasteiger partial charge on any atom is -0.358 e. The van der Waals surface area contributed by atoms with E-state index < -0.39 is 6.80 Å². The fourth-order valence-corrected chi connectivity index (χ4v) is 2.62. The normalized spacial score (nSPS) is 15.2. The molecule has 12 heavy (non-hydrogen) atoms. The van der Waals surface area contributed by atoms with Crippen molar-refractivity contribution in [1.82, 2.24) is 5.32 Å². The van der Waals surface area contributed by atoms with Gasteiger partial charge in [0.1, 0.15) is 0 Å². The van der Waals surface area contributed by atoms with Crippen molar-refractivity contribution >= 4 is 24.1 Å². The summed E-state index contributed by atoms with van der Waals surface area (Å²) in [7, 11) is 1.46. The molecule has 0 saturated carbocycles. The Morgan fingerprint density at radius 2 is 2.33 bits per heavy atom. The highest BCUT2D eigenvalue weighted by molar-refractivity contribution is 8.55. The fourth-order valence-electron chi connectivity index (χ4n) is 0.413. The van der Waals surface area contributed by atoms with Crippen molar-refractivity contribution in [3.8, 4) is 0 Å². The van der Waals surface area contributed by atoms with Crippen molar-refractivity contribution in [2.75, 3.05) is 19.4 Å². The molecule has 0 spiro atoms. The summed E-state index contributed by atoms with van der Waals surface area (Å²) in [5, 5.41) is 2.33. The summed E-state index contributed by atoms with van der Waals surface area (Å²) in [5.74, 6) is -0.362. The van der Waals surface area contributed by atoms with Crippen molar-refractivity contribution in [3.05, 3.63) is 0 Å². The van der Waals surface area contributed by atoms with E-state index in [1.54, 1.807) is 6.92 Å². The van der Waals surface area contributed by atoms with E-state index in [4.69, 9.17) is 4.89 Å². The van der Waals surface area contributed by atoms with Crippen LogP contribution in [-0.2, 0) is 13.9 Å². The van der Waals surface area contributed by atoms with E-state index in [0.29, 0.717) is 11.4 Å². The van der Waals surface area contributed by atoms with Crippen molar-refractivity contribution < 1.29 is 18.8 Å². The summed E-state index contributed by atoms with van der Waals surface area (Å²) >= 11 is 0.613. The molecule has 5 nitrogen and oxygen atoms in total. The Labute approximate surface area is 75.2 Å². The molecule has 0 heterocycles. The molecule has 0 radical (unpaired) electrons. The van der Waals surface area contributed by atoms with Gasteiger partial charge in [0.15, 0.2) is 0 Å². The molecule has 0 aromatic carbocycles. The second-order valence-corrected chi connectivity index (χ2v) is 5.73. The van der Waals surface area contributed by atoms with Gasteiger partial charge in [0.25, 0.3) is 0 Å². The van der Waals surface area contributed by atoms with Crippen molar-refractivity contribution in [2.45, 2.75) is 6.92 Å². The van der Waals surface area contributed by atoms with Gasteiger partial charge in [0.05, 0.1) is 12.4 Å². The molecule has 0 rings (SSSR count). The van der Waals surface area contributed by atoms with Crippen molar-refractivity contribution in [1.29, 1.82) is 0 Å². The zero-order valence-electron chi connectivity index (χ0n) is 6.94. The highest BCUT2D eigenvalue weighted by atomic mass is 32.7. The summed E-state index contributed by atoms with van der Waals surface area (Å²) in [6.07, 6.45) is 0. The van der Waals surface area contributed by atoms with Crippen molar-refractivity contribution in [3.63, 3.8) is 0 Å². The van der Waals surface area contributed by atoms with Gasteiger partial charge in [0, 0.05) is 7.05 Å². The first-order chi connectivity index (χ1) is 5.52. The van der Waals surface area contributed by atoms with Crippen LogP contribution in [0.4, 0.5) is 0 Å². The Bertz CT molecular complexity index is 198. The molecule has 0 fully saturated rings. The summed E-state index contributed by atoms with van der Waals surface area (Å²) in [6.45, 7) is -1.83. The quantitative estimate of drug-likeness (QED) is 0.654. The first-order valence-electron chi connectivity index (χ1n) is 3.34. The van der Waals surface area contributed by atoms with Crippen molar-refractivity contribution in [2.24, 2.45) is 0 Å². The molecule has 2 N–H and O–H groups in total. The molecule has 1 amide bonds. The van der Waals surface area contributed by atoms with Gasteiger partial charge in [-0.3, -0.25) is 4.79 Å². The molecule has 0 aliphatic rings. The van der Waals surface area contributed by atoms with Gasteiger partial charge in [0.2, 0.25) is 5.91 Å². The molecule has 7 heteroatoms. The lowest BCUT2D eigenvalue weighted by atomic mass is 10.7. The average molecular weight is 213 g/mol. The molecule has 0 aliphatic carbocycles. The van der Waals surface area contributed by atoms with Crippen LogP contribution in [0.5, 0.6) is 0 Å². The maximum Gasteiger partial charge on any atom is 0.387 e. The molecule has 0 saturated heterocycles. The molecule has 0 aliphatic heterocycles. The number of hydrogen-bond donors (Lipinski definition) is 2. The van der Waals surface area contributed by atoms with Gasteiger partial charge in [-0.2, -0.15) is 0 Å². The van der Waals surface area contributed by atoms with Gasteiger partial charge in [-0.15, -0.1) is 0 Å². The Balaban J connectivity index is 3.75. The number of amides is 1. The van der Waals surface area contributed by atoms with Gasteiger partial charge in [-0.1, -0.05) is 0 Å². The Kier molecular flexibility index (Phi) is 5.57. The monoisotopic (exact) mass is 213 g/mol. The number of hydrogen-bond acceptors (Lipinski definition) is 4. The standard InChI is InChI=1S/C5H12NO4PS/c1-3-10-11(8,9)12-4-5(7)6-2/h3-4H2,1-2H3,(H,6,7)(H,8,9). The Morgan fingerprint density at radius 3 is 2.75 bits per heavy atom. The van der Waals surface area contributed by atoms with E-state index in [2.05, 4.69) is 9.84 Å². The van der Waals surface area contributed by atoms with Crippen LogP contribution in [0.15, 0.2) is 0 Å². The smallest absolute Gasteiger partial charge is 0.358 e. The van der Waals surface area contributed by atoms with Gasteiger partial charge in [-0.25, -0.2) is 4.57 Å². The summed E-state index contributed by atoms with van der Waals surface area (Å²) in [5.41, 5.74) is 0. The third kappa shape index (κ3) is 5.60. The number of nitrogens with one attached hydrogen (secondary N) is 1. The average Bonchev–Trinajstić information content (AvgIpc) is 2.00. The van der Waals surface area contributed by atoms with Crippen LogP contribution in [0.25, 0.3) is 0 Å². The highest BCUT2D eigenvalue weighted by Gasteiger charge is 2.20. The predicted octanol–water partition coefficient (Wildman–Crippen LogP) is 0.603. The molecular weight excluding hydrogens is 201 g/mol. The fraction of sp³-hybridized carbons (Fsp3) is 0.800. The predicted molar refractivity (Wildman–Crippen MR) is 48.0 cm³/mol. The van der Waals surface area contributed by atoms with Gasteiger partial charge < -0.3 is 14.7 Å². The molecule has 1 unspecified atom stereocenters. The number of carbonyl (C=O) groups excluding carboxylic acids is 1. The third-order valence-corrected chi connectivity index (χ3v) is 3.91. The molecule has 0 aromatic rings. The van der Waals surface area contributed by atoms with Crippen LogP contribution in [0.3, 0.4) is 0 Å². The third-order valence-electron chi connectivity index (χ3n) is 0.930. The topological polar surface area (TPSA) is 75.6 Å². The van der Waals surface area contributed by atoms with Crippen LogP contribution in [0.2, 0.25) is 0 Å². The maximum absolute atomic E-state index is 11.0. The zero-order valence-corrected chi connectivity index (χ0v) is 8.65. The zero-order chi connectivity index (χ0) is 9.61. The molecular formula is C5H12NO4PS. The van der Waals surface area contributed by atoms with Crippen LogP contribution in [0.1, 0.15) is 6.92 Å². The van der Waals surface area contributed by atoms with E-state index in [9.17, 15) is 9.36 Å². The molecule has 0 bridgehead atoms. The number of carbonyl (C=O) groups is 1. The molecule has 0 aromatic heterocycles. The van der Waals surface area contributed by atoms with E-state index in [0.717, 1.165) is 0 Å². The lowest BCUT2D eigenvalue weighted by molar-refractivity contribution is -0.118. The van der Waals surface area contributed by atoms with Crippen LogP contribution in [-0.4, -0.2) is 30.2 Å². The minimum absolute atomic E-state index is 0.0652. The first-order valence-corrected chi connectivity index (χ1v) is 6.51. The SMILES string of the molecule is CCOP(=O)(O)SCC(=O)NC. The van der Waals surface area contributed by atoms with E-state index in [1.807, 2.05) is 0 Å². The maximum atomic E-state index is 11.0. The molecule has 72 valence electrons. The van der Waals surface area contributed by atoms with Gasteiger partial charge >= 0.3 is 6.80 Å². The molecule has 1 atom stereocenters. The van der Waals surface area contributed by atoms with Crippen LogP contribution in [0, 0.1) is 0 Å². The second kappa shape index (κ2) is 5.59. The highest BCUT2D eigenvalue weighted by Crippen LogP contribution is 2.55. The Hall–Kier alpha value is -0.0300. The number of rotatable bonds is 5. The lowest BCUT2D eigenvalue weighted by Crippen LogP contribution is -2.19.